The summed E-state index contributed by atoms with van der Waals surface area (Å²) < 4.78 is 14.3. The molecule has 0 spiro atoms. The lowest BCUT2D eigenvalue weighted by Crippen LogP contribution is -1.97. The van der Waals surface area contributed by atoms with Gasteiger partial charge in [0.15, 0.2) is 0 Å². The molecule has 0 saturated heterocycles. The average Bonchev–Trinajstić information content (AvgIpc) is 2.25. The van der Waals surface area contributed by atoms with Crippen LogP contribution in [0.15, 0.2) is 34.8 Å². The Morgan fingerprint density at radius 1 is 1.31 bits per heavy atom. The first kappa shape index (κ1) is 11.1. The van der Waals surface area contributed by atoms with Gasteiger partial charge >= 0.3 is 0 Å². The van der Waals surface area contributed by atoms with Crippen LogP contribution in [0.2, 0.25) is 0 Å². The minimum atomic E-state index is -0.292. The van der Waals surface area contributed by atoms with Gasteiger partial charge in [-0.2, -0.15) is 0 Å². The fourth-order valence-electron chi connectivity index (χ4n) is 1.52. The predicted octanol–water partition coefficient (Wildman–Crippen LogP) is 3.54. The van der Waals surface area contributed by atoms with Crippen molar-refractivity contribution in [3.8, 4) is 11.3 Å². The van der Waals surface area contributed by atoms with Crippen LogP contribution in [0, 0.1) is 12.7 Å². The fraction of sp³-hybridized carbons (Fsp3) is 0.0833. The number of benzene rings is 1. The highest BCUT2D eigenvalue weighted by Gasteiger charge is 2.10. The van der Waals surface area contributed by atoms with E-state index < -0.39 is 0 Å². The molecule has 0 amide bonds. The molecule has 2 aromatic rings. The second-order valence-corrected chi connectivity index (χ2v) is 4.36. The van der Waals surface area contributed by atoms with Crippen molar-refractivity contribution >= 4 is 21.7 Å². The minimum absolute atomic E-state index is 0.292. The molecular formula is C12H10BrFN2. The lowest BCUT2D eigenvalue weighted by Gasteiger charge is -2.08. The molecule has 0 aliphatic heterocycles. The van der Waals surface area contributed by atoms with E-state index in [0.717, 1.165) is 10.0 Å². The number of rotatable bonds is 1. The molecule has 1 aromatic carbocycles. The number of aryl methyl sites for hydroxylation is 1. The van der Waals surface area contributed by atoms with Crippen molar-refractivity contribution in [1.82, 2.24) is 4.98 Å². The molecular weight excluding hydrogens is 271 g/mol. The van der Waals surface area contributed by atoms with Gasteiger partial charge in [-0.1, -0.05) is 12.1 Å². The van der Waals surface area contributed by atoms with Crippen LogP contribution in [-0.4, -0.2) is 4.98 Å². The van der Waals surface area contributed by atoms with E-state index in [2.05, 4.69) is 20.9 Å². The average molecular weight is 281 g/mol. The second-order valence-electron chi connectivity index (χ2n) is 3.50. The maximum atomic E-state index is 13.6. The molecule has 0 aliphatic rings. The van der Waals surface area contributed by atoms with Gasteiger partial charge in [0, 0.05) is 5.56 Å². The second kappa shape index (κ2) is 4.22. The molecule has 2 N–H and O–H groups in total. The molecule has 4 heteroatoms. The summed E-state index contributed by atoms with van der Waals surface area (Å²) in [6.45, 7) is 1.87. The highest BCUT2D eigenvalue weighted by molar-refractivity contribution is 9.10. The van der Waals surface area contributed by atoms with Crippen molar-refractivity contribution in [1.29, 1.82) is 0 Å². The Labute approximate surface area is 101 Å². The zero-order valence-corrected chi connectivity index (χ0v) is 10.3. The van der Waals surface area contributed by atoms with E-state index in [9.17, 15) is 4.39 Å². The number of halogens is 2. The van der Waals surface area contributed by atoms with Crippen molar-refractivity contribution < 1.29 is 4.39 Å². The van der Waals surface area contributed by atoms with Crippen molar-refractivity contribution in [2.24, 2.45) is 0 Å². The van der Waals surface area contributed by atoms with Gasteiger partial charge in [0.05, 0.1) is 10.2 Å². The number of nitrogens with zero attached hydrogens (tertiary/aromatic N) is 1. The van der Waals surface area contributed by atoms with E-state index in [4.69, 9.17) is 5.73 Å². The van der Waals surface area contributed by atoms with Gasteiger partial charge < -0.3 is 5.73 Å². The molecule has 16 heavy (non-hydrogen) atoms. The Morgan fingerprint density at radius 2 is 2.00 bits per heavy atom. The van der Waals surface area contributed by atoms with Gasteiger partial charge in [0.25, 0.3) is 0 Å². The summed E-state index contributed by atoms with van der Waals surface area (Å²) in [6.07, 6.45) is 0. The van der Waals surface area contributed by atoms with Crippen molar-refractivity contribution in [3.05, 3.63) is 46.2 Å². The SMILES string of the molecule is Cc1cc(Br)c(N)nc1-c1ccccc1F. The molecule has 0 radical (unpaired) electrons. The van der Waals surface area contributed by atoms with Gasteiger partial charge in [0.2, 0.25) is 0 Å². The van der Waals surface area contributed by atoms with Crippen LogP contribution in [0.3, 0.4) is 0 Å². The predicted molar refractivity (Wildman–Crippen MR) is 66.5 cm³/mol. The standard InChI is InChI=1S/C12H10BrFN2/c1-7-6-9(13)12(15)16-11(7)8-4-2-3-5-10(8)14/h2-6H,1H3,(H2,15,16). The molecule has 0 fully saturated rings. The van der Waals surface area contributed by atoms with Gasteiger partial charge in [0.1, 0.15) is 11.6 Å². The summed E-state index contributed by atoms with van der Waals surface area (Å²) in [6, 6.07) is 8.37. The van der Waals surface area contributed by atoms with E-state index in [1.54, 1.807) is 18.2 Å². The number of pyridine rings is 1. The molecule has 2 rings (SSSR count). The zero-order chi connectivity index (χ0) is 11.7. The Kier molecular flexibility index (Phi) is 2.92. The summed E-state index contributed by atoms with van der Waals surface area (Å²) in [4.78, 5) is 4.19. The normalized spacial score (nSPS) is 10.4. The fourth-order valence-corrected chi connectivity index (χ4v) is 1.95. The summed E-state index contributed by atoms with van der Waals surface area (Å²) in [7, 11) is 0. The Bertz CT molecular complexity index is 541. The molecule has 2 nitrogen and oxygen atoms in total. The Balaban J connectivity index is 2.65. The molecule has 0 unspecified atom stereocenters. The summed E-state index contributed by atoms with van der Waals surface area (Å²) >= 11 is 3.29. The Hall–Kier alpha value is -1.42. The maximum absolute atomic E-state index is 13.6. The van der Waals surface area contributed by atoms with Crippen LogP contribution in [0.5, 0.6) is 0 Å². The lowest BCUT2D eigenvalue weighted by molar-refractivity contribution is 0.630. The first-order valence-corrected chi connectivity index (χ1v) is 5.56. The molecule has 1 heterocycles. The van der Waals surface area contributed by atoms with E-state index >= 15 is 0 Å². The van der Waals surface area contributed by atoms with Crippen LogP contribution >= 0.6 is 15.9 Å². The van der Waals surface area contributed by atoms with Crippen LogP contribution in [0.4, 0.5) is 10.2 Å². The largest absolute Gasteiger partial charge is 0.383 e. The van der Waals surface area contributed by atoms with Gasteiger partial charge in [-0.15, -0.1) is 0 Å². The number of hydrogen-bond acceptors (Lipinski definition) is 2. The molecule has 0 aliphatic carbocycles. The molecule has 0 atom stereocenters. The molecule has 1 aromatic heterocycles. The van der Waals surface area contributed by atoms with Gasteiger partial charge in [-0.3, -0.25) is 0 Å². The van der Waals surface area contributed by atoms with Crippen molar-refractivity contribution in [2.75, 3.05) is 5.73 Å². The molecule has 0 saturated carbocycles. The number of hydrogen-bond donors (Lipinski definition) is 1. The van der Waals surface area contributed by atoms with Crippen LogP contribution in [-0.2, 0) is 0 Å². The maximum Gasteiger partial charge on any atom is 0.138 e. The summed E-state index contributed by atoms with van der Waals surface area (Å²) in [5, 5.41) is 0. The minimum Gasteiger partial charge on any atom is -0.383 e. The third-order valence-electron chi connectivity index (χ3n) is 2.32. The highest BCUT2D eigenvalue weighted by atomic mass is 79.9. The van der Waals surface area contributed by atoms with E-state index in [0.29, 0.717) is 17.1 Å². The van der Waals surface area contributed by atoms with Crippen molar-refractivity contribution in [3.63, 3.8) is 0 Å². The lowest BCUT2D eigenvalue weighted by atomic mass is 10.1. The number of nitrogens with two attached hydrogens (primary N) is 1. The smallest absolute Gasteiger partial charge is 0.138 e. The monoisotopic (exact) mass is 280 g/mol. The molecule has 82 valence electrons. The Morgan fingerprint density at radius 3 is 2.69 bits per heavy atom. The number of aromatic nitrogens is 1. The van der Waals surface area contributed by atoms with Crippen LogP contribution < -0.4 is 5.73 Å². The third-order valence-corrected chi connectivity index (χ3v) is 2.96. The zero-order valence-electron chi connectivity index (χ0n) is 8.67. The van der Waals surface area contributed by atoms with Crippen molar-refractivity contribution in [2.45, 2.75) is 6.92 Å². The number of anilines is 1. The molecule has 0 bridgehead atoms. The first-order valence-electron chi connectivity index (χ1n) is 4.77. The quantitative estimate of drug-likeness (QED) is 0.868. The topological polar surface area (TPSA) is 38.9 Å². The van der Waals surface area contributed by atoms with E-state index in [1.807, 2.05) is 13.0 Å². The van der Waals surface area contributed by atoms with Crippen LogP contribution in [0.1, 0.15) is 5.56 Å². The van der Waals surface area contributed by atoms with Gasteiger partial charge in [-0.05, 0) is 46.6 Å². The van der Waals surface area contributed by atoms with E-state index in [1.165, 1.54) is 6.07 Å². The highest BCUT2D eigenvalue weighted by Crippen LogP contribution is 2.28. The third kappa shape index (κ3) is 1.93. The summed E-state index contributed by atoms with van der Waals surface area (Å²) in [5.74, 6) is 0.0728. The van der Waals surface area contributed by atoms with E-state index in [-0.39, 0.29) is 5.82 Å². The van der Waals surface area contributed by atoms with Crippen LogP contribution in [0.25, 0.3) is 11.3 Å². The summed E-state index contributed by atoms with van der Waals surface area (Å²) in [5.41, 5.74) is 7.63. The van der Waals surface area contributed by atoms with Gasteiger partial charge in [-0.25, -0.2) is 9.37 Å². The number of nitrogen functional groups attached to an aromatic ring is 1. The first-order chi connectivity index (χ1) is 7.59.